The van der Waals surface area contributed by atoms with Gasteiger partial charge in [0.25, 0.3) is 0 Å². The molecule has 1 aliphatic heterocycles. The second-order valence-corrected chi connectivity index (χ2v) is 6.71. The molecule has 1 saturated heterocycles. The molecule has 110 valence electrons. The highest BCUT2D eigenvalue weighted by Gasteiger charge is 2.26. The van der Waals surface area contributed by atoms with Crippen LogP contribution >= 0.6 is 11.8 Å². The number of piperidine rings is 1. The Balaban J connectivity index is 2.78. The van der Waals surface area contributed by atoms with E-state index in [4.69, 9.17) is 12.7 Å². The quantitative estimate of drug-likeness (QED) is 0.441. The molecule has 0 saturated carbocycles. The van der Waals surface area contributed by atoms with Crippen molar-refractivity contribution in [2.75, 3.05) is 20.2 Å². The van der Waals surface area contributed by atoms with Gasteiger partial charge in [0.15, 0.2) is 7.98 Å². The molecule has 0 N–H and O–H groups in total. The zero-order valence-corrected chi connectivity index (χ0v) is 13.2. The first kappa shape index (κ1) is 17.1. The molecule has 1 heterocycles. The van der Waals surface area contributed by atoms with Gasteiger partial charge in [0.2, 0.25) is 0 Å². The SMILES string of the molecule is [B]N1CCC(SC(=O)OC)/C(=C\C(=O)OC(C)(C)C)C1. The summed E-state index contributed by atoms with van der Waals surface area (Å²) >= 11 is 1.07. The zero-order chi connectivity index (χ0) is 15.3. The second kappa shape index (κ2) is 7.17. The topological polar surface area (TPSA) is 55.8 Å². The molecule has 1 rings (SSSR count). The van der Waals surface area contributed by atoms with Crippen LogP contribution in [0.2, 0.25) is 0 Å². The number of esters is 1. The lowest BCUT2D eigenvalue weighted by Crippen LogP contribution is -2.36. The van der Waals surface area contributed by atoms with Gasteiger partial charge in [0.1, 0.15) is 5.60 Å². The first-order valence-corrected chi connectivity index (χ1v) is 7.27. The van der Waals surface area contributed by atoms with Gasteiger partial charge in [-0.15, -0.1) is 0 Å². The van der Waals surface area contributed by atoms with Crippen LogP contribution in [0.4, 0.5) is 4.79 Å². The Morgan fingerprint density at radius 3 is 2.65 bits per heavy atom. The third-order valence-corrected chi connectivity index (χ3v) is 3.77. The first-order chi connectivity index (χ1) is 9.21. The monoisotopic (exact) mass is 297 g/mol. The molecule has 1 aliphatic rings. The van der Waals surface area contributed by atoms with Crippen LogP contribution in [0.25, 0.3) is 0 Å². The number of thioether (sulfide) groups is 1. The first-order valence-electron chi connectivity index (χ1n) is 6.39. The van der Waals surface area contributed by atoms with E-state index in [-0.39, 0.29) is 10.6 Å². The van der Waals surface area contributed by atoms with E-state index in [1.165, 1.54) is 13.2 Å². The summed E-state index contributed by atoms with van der Waals surface area (Å²) in [5, 5.41) is -0.467. The van der Waals surface area contributed by atoms with Crippen molar-refractivity contribution in [2.45, 2.75) is 38.0 Å². The van der Waals surface area contributed by atoms with Crippen molar-refractivity contribution in [1.82, 2.24) is 4.81 Å². The van der Waals surface area contributed by atoms with E-state index in [2.05, 4.69) is 4.74 Å². The zero-order valence-electron chi connectivity index (χ0n) is 12.3. The molecule has 7 heteroatoms. The van der Waals surface area contributed by atoms with Gasteiger partial charge in [-0.2, -0.15) is 0 Å². The van der Waals surface area contributed by atoms with Crippen LogP contribution in [0.3, 0.4) is 0 Å². The minimum atomic E-state index is -0.545. The number of carbonyl (C=O) groups is 2. The van der Waals surface area contributed by atoms with Crippen molar-refractivity contribution in [2.24, 2.45) is 0 Å². The summed E-state index contributed by atoms with van der Waals surface area (Å²) < 4.78 is 9.90. The molecule has 20 heavy (non-hydrogen) atoms. The number of methoxy groups -OCH3 is 1. The van der Waals surface area contributed by atoms with Gasteiger partial charge in [0, 0.05) is 17.9 Å². The molecule has 0 aromatic heterocycles. The normalized spacial score (nSPS) is 22.6. The largest absolute Gasteiger partial charge is 0.461 e. The maximum atomic E-state index is 11.9. The van der Waals surface area contributed by atoms with Gasteiger partial charge < -0.3 is 14.3 Å². The number of hydrogen-bond acceptors (Lipinski definition) is 6. The Morgan fingerprint density at radius 1 is 1.45 bits per heavy atom. The Bertz CT molecular complexity index is 406. The fourth-order valence-electron chi connectivity index (χ4n) is 1.80. The molecule has 0 aliphatic carbocycles. The number of ether oxygens (including phenoxy) is 2. The standard InChI is InChI=1S/C13H20BNO4S/c1-13(2,3)19-11(16)7-9-8-15(14)6-5-10(9)20-12(17)18-4/h7,10H,5-6,8H2,1-4H3/b9-7-. The Morgan fingerprint density at radius 2 is 2.10 bits per heavy atom. The summed E-state index contributed by atoms with van der Waals surface area (Å²) in [5.74, 6) is -0.418. The highest BCUT2D eigenvalue weighted by Crippen LogP contribution is 2.28. The second-order valence-electron chi connectivity index (χ2n) is 5.57. The summed E-state index contributed by atoms with van der Waals surface area (Å²) in [6.45, 7) is 6.52. The van der Waals surface area contributed by atoms with Gasteiger partial charge in [-0.25, -0.2) is 9.59 Å². The number of hydrogen-bond donors (Lipinski definition) is 0. The van der Waals surface area contributed by atoms with Crippen molar-refractivity contribution in [3.05, 3.63) is 11.6 Å². The Hall–Kier alpha value is -0.945. The minimum absolute atomic E-state index is 0.102. The van der Waals surface area contributed by atoms with Crippen molar-refractivity contribution in [3.63, 3.8) is 0 Å². The highest BCUT2D eigenvalue weighted by atomic mass is 32.2. The summed E-state index contributed by atoms with van der Waals surface area (Å²) in [7, 11) is 7.11. The molecule has 0 bridgehead atoms. The van der Waals surface area contributed by atoms with Gasteiger partial charge in [-0.05, 0) is 51.1 Å². The van der Waals surface area contributed by atoms with Crippen LogP contribution in [-0.4, -0.2) is 55.1 Å². The minimum Gasteiger partial charge on any atom is -0.461 e. The molecule has 0 aromatic carbocycles. The van der Waals surface area contributed by atoms with Crippen LogP contribution in [0.5, 0.6) is 0 Å². The van der Waals surface area contributed by atoms with Crippen LogP contribution < -0.4 is 0 Å². The Kier molecular flexibility index (Phi) is 6.14. The predicted octanol–water partition coefficient (Wildman–Crippen LogP) is 1.91. The molecule has 0 amide bonds. The van der Waals surface area contributed by atoms with E-state index in [0.29, 0.717) is 19.5 Å². The van der Waals surface area contributed by atoms with Crippen LogP contribution in [-0.2, 0) is 14.3 Å². The smallest absolute Gasteiger partial charge is 0.367 e. The van der Waals surface area contributed by atoms with E-state index in [9.17, 15) is 9.59 Å². The average Bonchev–Trinajstić information content (AvgIpc) is 2.29. The van der Waals surface area contributed by atoms with E-state index in [1.807, 2.05) is 0 Å². The third-order valence-electron chi connectivity index (χ3n) is 2.59. The number of rotatable bonds is 2. The molecule has 0 spiro atoms. The van der Waals surface area contributed by atoms with Crippen LogP contribution in [0.15, 0.2) is 11.6 Å². The summed E-state index contributed by atoms with van der Waals surface area (Å²) in [6.07, 6.45) is 2.12. The third kappa shape index (κ3) is 6.01. The lowest BCUT2D eigenvalue weighted by Gasteiger charge is -2.31. The average molecular weight is 297 g/mol. The Labute approximate surface area is 125 Å². The molecular weight excluding hydrogens is 277 g/mol. The maximum Gasteiger partial charge on any atom is 0.367 e. The molecular formula is C13H20BNO4S. The lowest BCUT2D eigenvalue weighted by molar-refractivity contribution is -0.148. The summed E-state index contributed by atoms with van der Waals surface area (Å²) in [5.41, 5.74) is 0.235. The van der Waals surface area contributed by atoms with Crippen molar-refractivity contribution >= 4 is 31.0 Å². The molecule has 1 fully saturated rings. The van der Waals surface area contributed by atoms with Gasteiger partial charge >= 0.3 is 11.3 Å². The van der Waals surface area contributed by atoms with E-state index in [1.54, 1.807) is 25.6 Å². The number of carbonyl (C=O) groups excluding carboxylic acids is 2. The molecule has 2 radical (unpaired) electrons. The summed E-state index contributed by atoms with van der Waals surface area (Å²) in [4.78, 5) is 24.8. The molecule has 1 unspecified atom stereocenters. The van der Waals surface area contributed by atoms with E-state index in [0.717, 1.165) is 17.3 Å². The van der Waals surface area contributed by atoms with Crippen LogP contribution in [0, 0.1) is 0 Å². The predicted molar refractivity (Wildman–Crippen MR) is 79.7 cm³/mol. The summed E-state index contributed by atoms with van der Waals surface area (Å²) in [6, 6.07) is 0. The van der Waals surface area contributed by atoms with E-state index >= 15 is 0 Å². The van der Waals surface area contributed by atoms with E-state index < -0.39 is 11.6 Å². The highest BCUT2D eigenvalue weighted by molar-refractivity contribution is 8.13. The van der Waals surface area contributed by atoms with Gasteiger partial charge in [-0.3, -0.25) is 0 Å². The lowest BCUT2D eigenvalue weighted by atomic mass is 10.0. The van der Waals surface area contributed by atoms with Crippen molar-refractivity contribution < 1.29 is 19.1 Å². The van der Waals surface area contributed by atoms with Crippen LogP contribution in [0.1, 0.15) is 27.2 Å². The molecule has 0 aromatic rings. The van der Waals surface area contributed by atoms with Gasteiger partial charge in [-0.1, -0.05) is 0 Å². The molecule has 1 atom stereocenters. The number of nitrogens with zero attached hydrogens (tertiary/aromatic N) is 1. The fourth-order valence-corrected chi connectivity index (χ4v) is 2.65. The van der Waals surface area contributed by atoms with Gasteiger partial charge in [0.05, 0.1) is 7.11 Å². The fraction of sp³-hybridized carbons (Fsp3) is 0.692. The maximum absolute atomic E-state index is 11.9. The molecule has 5 nitrogen and oxygen atoms in total. The van der Waals surface area contributed by atoms with Crippen molar-refractivity contribution in [1.29, 1.82) is 0 Å². The van der Waals surface area contributed by atoms with Crippen molar-refractivity contribution in [3.8, 4) is 0 Å².